The van der Waals surface area contributed by atoms with Crippen LogP contribution >= 0.6 is 0 Å². The summed E-state index contributed by atoms with van der Waals surface area (Å²) >= 11 is 0. The minimum atomic E-state index is -0.358. The highest BCUT2D eigenvalue weighted by Crippen LogP contribution is 2.19. The Morgan fingerprint density at radius 1 is 1.19 bits per heavy atom. The molecular weight excluding hydrogens is 344 g/mol. The molecule has 142 valence electrons. The van der Waals surface area contributed by atoms with Gasteiger partial charge in [0.2, 0.25) is 0 Å². The second-order valence-electron chi connectivity index (χ2n) is 6.22. The number of nitro benzene ring substituents is 1. The van der Waals surface area contributed by atoms with E-state index in [0.717, 1.165) is 44.5 Å². The zero-order valence-corrected chi connectivity index (χ0v) is 15.4. The summed E-state index contributed by atoms with van der Waals surface area (Å²) in [5.74, 6) is 1.77. The van der Waals surface area contributed by atoms with Crippen molar-refractivity contribution in [2.75, 3.05) is 37.6 Å². The number of nitrogens with one attached hydrogen (secondary N) is 1. The van der Waals surface area contributed by atoms with E-state index in [4.69, 9.17) is 0 Å². The summed E-state index contributed by atoms with van der Waals surface area (Å²) in [6.07, 6.45) is 1.81. The van der Waals surface area contributed by atoms with E-state index in [1.54, 1.807) is 24.4 Å². The maximum atomic E-state index is 11.2. The zero-order valence-electron chi connectivity index (χ0n) is 15.4. The van der Waals surface area contributed by atoms with Crippen molar-refractivity contribution in [1.29, 1.82) is 0 Å². The van der Waals surface area contributed by atoms with Gasteiger partial charge in [-0.3, -0.25) is 10.1 Å². The maximum Gasteiger partial charge on any atom is 0.274 e. The minimum absolute atomic E-state index is 0.108. The number of rotatable bonds is 5. The van der Waals surface area contributed by atoms with Gasteiger partial charge in [0.25, 0.3) is 5.69 Å². The van der Waals surface area contributed by atoms with Crippen LogP contribution in [0.3, 0.4) is 0 Å². The van der Waals surface area contributed by atoms with E-state index >= 15 is 0 Å². The molecule has 3 rings (SSSR count). The van der Waals surface area contributed by atoms with Crippen LogP contribution in [-0.4, -0.2) is 53.5 Å². The Kier molecular flexibility index (Phi) is 6.19. The second-order valence-corrected chi connectivity index (χ2v) is 6.22. The Bertz CT molecular complexity index is 788. The Balaban J connectivity index is 1.68. The van der Waals surface area contributed by atoms with Crippen LogP contribution < -0.4 is 10.2 Å². The molecule has 1 aromatic carbocycles. The molecule has 1 saturated heterocycles. The number of aromatic nitrogens is 1. The van der Waals surface area contributed by atoms with Gasteiger partial charge in [-0.15, -0.1) is 0 Å². The van der Waals surface area contributed by atoms with Crippen molar-refractivity contribution in [3.63, 3.8) is 0 Å². The standard InChI is InChI=1S/C19H24N6O2/c1-2-20-19(22-15-16-7-3-4-8-17(16)25(26)27)24-13-11-23(12-14-24)18-9-5-6-10-21-18/h3-10H,2,11-15H2,1H3,(H,20,22). The molecule has 1 N–H and O–H groups in total. The van der Waals surface area contributed by atoms with Crippen molar-refractivity contribution < 1.29 is 4.92 Å². The van der Waals surface area contributed by atoms with Crippen molar-refractivity contribution >= 4 is 17.5 Å². The highest BCUT2D eigenvalue weighted by molar-refractivity contribution is 5.80. The quantitative estimate of drug-likeness (QED) is 0.377. The smallest absolute Gasteiger partial charge is 0.274 e. The summed E-state index contributed by atoms with van der Waals surface area (Å²) < 4.78 is 0. The first-order valence-corrected chi connectivity index (χ1v) is 9.10. The van der Waals surface area contributed by atoms with E-state index in [-0.39, 0.29) is 17.2 Å². The maximum absolute atomic E-state index is 11.2. The first-order chi connectivity index (χ1) is 13.2. The number of benzene rings is 1. The van der Waals surface area contributed by atoms with Gasteiger partial charge in [0.05, 0.1) is 17.0 Å². The fourth-order valence-corrected chi connectivity index (χ4v) is 3.10. The van der Waals surface area contributed by atoms with E-state index in [2.05, 4.69) is 25.1 Å². The molecule has 0 amide bonds. The van der Waals surface area contributed by atoms with Crippen molar-refractivity contribution in [2.45, 2.75) is 13.5 Å². The molecule has 0 saturated carbocycles. The van der Waals surface area contributed by atoms with Gasteiger partial charge in [-0.05, 0) is 19.1 Å². The van der Waals surface area contributed by atoms with Gasteiger partial charge in [-0.25, -0.2) is 9.98 Å². The van der Waals surface area contributed by atoms with Gasteiger partial charge in [-0.1, -0.05) is 24.3 Å². The number of pyridine rings is 1. The van der Waals surface area contributed by atoms with Crippen LogP contribution in [0, 0.1) is 10.1 Å². The Morgan fingerprint density at radius 2 is 1.93 bits per heavy atom. The first kappa shape index (κ1) is 18.6. The van der Waals surface area contributed by atoms with Gasteiger partial charge < -0.3 is 15.1 Å². The monoisotopic (exact) mass is 368 g/mol. The fourth-order valence-electron chi connectivity index (χ4n) is 3.10. The molecular formula is C19H24N6O2. The van der Waals surface area contributed by atoms with Crippen LogP contribution in [0.25, 0.3) is 0 Å². The molecule has 1 fully saturated rings. The number of nitrogens with zero attached hydrogens (tertiary/aromatic N) is 5. The molecule has 0 radical (unpaired) electrons. The van der Waals surface area contributed by atoms with Crippen LogP contribution in [0.15, 0.2) is 53.7 Å². The third kappa shape index (κ3) is 4.72. The van der Waals surface area contributed by atoms with E-state index in [1.165, 1.54) is 6.07 Å². The van der Waals surface area contributed by atoms with Crippen LogP contribution in [0.5, 0.6) is 0 Å². The number of guanidine groups is 1. The average molecular weight is 368 g/mol. The van der Waals surface area contributed by atoms with E-state index < -0.39 is 0 Å². The largest absolute Gasteiger partial charge is 0.357 e. The number of hydrogen-bond donors (Lipinski definition) is 1. The average Bonchev–Trinajstić information content (AvgIpc) is 2.72. The normalized spacial score (nSPS) is 14.9. The molecule has 27 heavy (non-hydrogen) atoms. The molecule has 0 unspecified atom stereocenters. The topological polar surface area (TPSA) is 86.9 Å². The molecule has 1 aliphatic rings. The van der Waals surface area contributed by atoms with Crippen LogP contribution in [0.2, 0.25) is 0 Å². The van der Waals surface area contributed by atoms with Gasteiger partial charge in [0.1, 0.15) is 5.82 Å². The Morgan fingerprint density at radius 3 is 2.59 bits per heavy atom. The molecule has 0 spiro atoms. The predicted octanol–water partition coefficient (Wildman–Crippen LogP) is 2.28. The zero-order chi connectivity index (χ0) is 19.1. The second kappa shape index (κ2) is 8.98. The minimum Gasteiger partial charge on any atom is -0.357 e. The summed E-state index contributed by atoms with van der Waals surface area (Å²) in [6.45, 7) is 6.39. The number of aliphatic imine (C=N–C) groups is 1. The number of para-hydroxylation sites is 1. The summed E-state index contributed by atoms with van der Waals surface area (Å²) in [7, 11) is 0. The van der Waals surface area contributed by atoms with E-state index in [9.17, 15) is 10.1 Å². The van der Waals surface area contributed by atoms with Crippen molar-refractivity contribution in [2.24, 2.45) is 4.99 Å². The summed E-state index contributed by atoms with van der Waals surface area (Å²) in [4.78, 5) is 24.3. The van der Waals surface area contributed by atoms with Crippen LogP contribution in [0.1, 0.15) is 12.5 Å². The molecule has 1 aromatic heterocycles. The third-order valence-corrected chi connectivity index (χ3v) is 4.47. The molecule has 0 atom stereocenters. The van der Waals surface area contributed by atoms with Crippen LogP contribution in [-0.2, 0) is 6.54 Å². The molecule has 0 bridgehead atoms. The number of nitro groups is 1. The Hall–Kier alpha value is -3.16. The molecule has 8 heteroatoms. The lowest BCUT2D eigenvalue weighted by Gasteiger charge is -2.37. The van der Waals surface area contributed by atoms with Gasteiger partial charge in [-0.2, -0.15) is 0 Å². The SMILES string of the molecule is CCNC(=NCc1ccccc1[N+](=O)[O-])N1CCN(c2ccccn2)CC1. The molecule has 2 heterocycles. The number of hydrogen-bond acceptors (Lipinski definition) is 5. The van der Waals surface area contributed by atoms with E-state index in [1.807, 2.05) is 25.1 Å². The molecule has 2 aromatic rings. The van der Waals surface area contributed by atoms with Gasteiger partial charge in [0.15, 0.2) is 5.96 Å². The van der Waals surface area contributed by atoms with Crippen molar-refractivity contribution in [3.8, 4) is 0 Å². The summed E-state index contributed by atoms with van der Waals surface area (Å²) in [5.41, 5.74) is 0.724. The van der Waals surface area contributed by atoms with Crippen molar-refractivity contribution in [1.82, 2.24) is 15.2 Å². The van der Waals surface area contributed by atoms with Gasteiger partial charge >= 0.3 is 0 Å². The number of anilines is 1. The fraction of sp³-hybridized carbons (Fsp3) is 0.368. The molecule has 8 nitrogen and oxygen atoms in total. The lowest BCUT2D eigenvalue weighted by Crippen LogP contribution is -2.52. The lowest BCUT2D eigenvalue weighted by molar-refractivity contribution is -0.385. The van der Waals surface area contributed by atoms with Crippen LogP contribution in [0.4, 0.5) is 11.5 Å². The number of piperazine rings is 1. The van der Waals surface area contributed by atoms with Crippen molar-refractivity contribution in [3.05, 3.63) is 64.3 Å². The summed E-state index contributed by atoms with van der Waals surface area (Å²) in [6, 6.07) is 12.7. The van der Waals surface area contributed by atoms with Gasteiger partial charge in [0, 0.05) is 45.0 Å². The highest BCUT2D eigenvalue weighted by atomic mass is 16.6. The molecule has 1 aliphatic heterocycles. The summed E-state index contributed by atoms with van der Waals surface area (Å²) in [5, 5.41) is 14.5. The molecule has 0 aliphatic carbocycles. The lowest BCUT2D eigenvalue weighted by atomic mass is 10.2. The Labute approximate surface area is 158 Å². The predicted molar refractivity (Wildman–Crippen MR) is 106 cm³/mol. The highest BCUT2D eigenvalue weighted by Gasteiger charge is 2.20. The van der Waals surface area contributed by atoms with E-state index in [0.29, 0.717) is 5.56 Å². The first-order valence-electron chi connectivity index (χ1n) is 9.10. The third-order valence-electron chi connectivity index (χ3n) is 4.47.